The van der Waals surface area contributed by atoms with Crippen LogP contribution < -0.4 is 10.5 Å². The van der Waals surface area contributed by atoms with Crippen LogP contribution in [0.2, 0.25) is 0 Å². The maximum absolute atomic E-state index is 13.7. The molecule has 0 bridgehead atoms. The molecule has 3 heterocycles. The Labute approximate surface area is 159 Å². The van der Waals surface area contributed by atoms with Gasteiger partial charge >= 0.3 is 0 Å². The summed E-state index contributed by atoms with van der Waals surface area (Å²) in [5, 5.41) is 14.0. The molecule has 0 fully saturated rings. The van der Waals surface area contributed by atoms with E-state index in [4.69, 9.17) is 15.7 Å². The third-order valence-corrected chi connectivity index (χ3v) is 4.24. The minimum atomic E-state index is -0.555. The van der Waals surface area contributed by atoms with Crippen molar-refractivity contribution >= 4 is 16.7 Å². The third-order valence-electron chi connectivity index (χ3n) is 4.24. The van der Waals surface area contributed by atoms with Crippen molar-refractivity contribution in [3.63, 3.8) is 0 Å². The average Bonchev–Trinajstić information content (AvgIpc) is 3.22. The van der Waals surface area contributed by atoms with Crippen molar-refractivity contribution in [1.82, 2.24) is 19.7 Å². The molecule has 1 atom stereocenters. The lowest BCUT2D eigenvalue weighted by Gasteiger charge is -2.18. The lowest BCUT2D eigenvalue weighted by molar-refractivity contribution is 0.222. The summed E-state index contributed by atoms with van der Waals surface area (Å²) in [7, 11) is 0. The van der Waals surface area contributed by atoms with Crippen molar-refractivity contribution in [3.05, 3.63) is 72.1 Å². The van der Waals surface area contributed by atoms with E-state index < -0.39 is 11.9 Å². The van der Waals surface area contributed by atoms with Crippen LogP contribution in [0.25, 0.3) is 16.6 Å². The van der Waals surface area contributed by atoms with Crippen molar-refractivity contribution in [3.8, 4) is 17.5 Å². The Morgan fingerprint density at radius 2 is 2.14 bits per heavy atom. The van der Waals surface area contributed by atoms with Crippen molar-refractivity contribution in [2.24, 2.45) is 0 Å². The lowest BCUT2D eigenvalue weighted by atomic mass is 10.1. The molecule has 0 amide bonds. The first kappa shape index (κ1) is 17.4. The minimum absolute atomic E-state index is 0.215. The number of rotatable bonds is 4. The van der Waals surface area contributed by atoms with Gasteiger partial charge in [-0.1, -0.05) is 0 Å². The van der Waals surface area contributed by atoms with Gasteiger partial charge in [0, 0.05) is 23.8 Å². The first-order chi connectivity index (χ1) is 13.5. The topological polar surface area (TPSA) is 103 Å². The normalized spacial score (nSPS) is 11.9. The van der Waals surface area contributed by atoms with Crippen LogP contribution in [-0.4, -0.2) is 19.7 Å². The number of nitrogens with two attached hydrogens (primary N) is 1. The summed E-state index contributed by atoms with van der Waals surface area (Å²) in [6.45, 7) is 1.78. The van der Waals surface area contributed by atoms with Crippen LogP contribution in [0, 0.1) is 17.1 Å². The number of nitrogens with zero attached hydrogens (tertiary/aromatic N) is 5. The summed E-state index contributed by atoms with van der Waals surface area (Å²) >= 11 is 0. The Kier molecular flexibility index (Phi) is 4.33. The number of ether oxygens (including phenoxy) is 1. The predicted octanol–water partition coefficient (Wildman–Crippen LogP) is 3.55. The van der Waals surface area contributed by atoms with E-state index in [0.717, 1.165) is 11.6 Å². The maximum Gasteiger partial charge on any atom is 0.166 e. The SMILES string of the molecule is CC(Oc1cc2cc(C#N)ccc2nc1N)c1ncc(F)cc1-n1cccn1. The molecule has 1 unspecified atom stereocenters. The van der Waals surface area contributed by atoms with Crippen molar-refractivity contribution < 1.29 is 9.13 Å². The fourth-order valence-electron chi connectivity index (χ4n) is 2.93. The van der Waals surface area contributed by atoms with Crippen LogP contribution in [0.5, 0.6) is 5.75 Å². The highest BCUT2D eigenvalue weighted by atomic mass is 19.1. The van der Waals surface area contributed by atoms with E-state index in [0.29, 0.717) is 28.2 Å². The molecule has 138 valence electrons. The quantitative estimate of drug-likeness (QED) is 0.586. The Balaban J connectivity index is 1.72. The van der Waals surface area contributed by atoms with Crippen LogP contribution in [0.1, 0.15) is 24.3 Å². The van der Waals surface area contributed by atoms with Gasteiger partial charge in [0.1, 0.15) is 17.6 Å². The van der Waals surface area contributed by atoms with Gasteiger partial charge in [-0.25, -0.2) is 14.1 Å². The number of benzene rings is 1. The van der Waals surface area contributed by atoms with Crippen LogP contribution in [-0.2, 0) is 0 Å². The highest BCUT2D eigenvalue weighted by molar-refractivity contribution is 5.83. The van der Waals surface area contributed by atoms with Gasteiger partial charge < -0.3 is 10.5 Å². The molecule has 7 nitrogen and oxygen atoms in total. The Morgan fingerprint density at radius 1 is 1.29 bits per heavy atom. The molecule has 8 heteroatoms. The molecule has 4 rings (SSSR count). The number of halogens is 1. The van der Waals surface area contributed by atoms with Crippen LogP contribution >= 0.6 is 0 Å². The first-order valence-electron chi connectivity index (χ1n) is 8.47. The summed E-state index contributed by atoms with van der Waals surface area (Å²) in [5.74, 6) is 0.0943. The van der Waals surface area contributed by atoms with Gasteiger partial charge in [0.05, 0.1) is 29.0 Å². The van der Waals surface area contributed by atoms with Gasteiger partial charge in [0.2, 0.25) is 0 Å². The second kappa shape index (κ2) is 6.96. The summed E-state index contributed by atoms with van der Waals surface area (Å²) < 4.78 is 21.3. The zero-order valence-electron chi connectivity index (χ0n) is 14.9. The van der Waals surface area contributed by atoms with Gasteiger partial charge in [-0.3, -0.25) is 4.98 Å². The first-order valence-corrected chi connectivity index (χ1v) is 8.47. The van der Waals surface area contributed by atoms with Crippen LogP contribution in [0.3, 0.4) is 0 Å². The Morgan fingerprint density at radius 3 is 2.89 bits per heavy atom. The molecule has 0 aliphatic carbocycles. The molecule has 3 aromatic heterocycles. The summed E-state index contributed by atoms with van der Waals surface area (Å²) in [6, 6.07) is 12.0. The maximum atomic E-state index is 13.7. The van der Waals surface area contributed by atoms with Gasteiger partial charge in [-0.15, -0.1) is 0 Å². The number of hydrogen-bond donors (Lipinski definition) is 1. The van der Waals surface area contributed by atoms with Gasteiger partial charge in [-0.05, 0) is 37.3 Å². The molecule has 0 saturated carbocycles. The van der Waals surface area contributed by atoms with E-state index in [2.05, 4.69) is 21.1 Å². The second-order valence-corrected chi connectivity index (χ2v) is 6.16. The average molecular weight is 374 g/mol. The second-order valence-electron chi connectivity index (χ2n) is 6.16. The van der Waals surface area contributed by atoms with Crippen molar-refractivity contribution in [1.29, 1.82) is 5.26 Å². The molecule has 0 radical (unpaired) electrons. The van der Waals surface area contributed by atoms with E-state index in [1.54, 1.807) is 49.6 Å². The van der Waals surface area contributed by atoms with Gasteiger partial charge in [0.25, 0.3) is 0 Å². The molecule has 0 aliphatic rings. The van der Waals surface area contributed by atoms with Crippen molar-refractivity contribution in [2.75, 3.05) is 5.73 Å². The zero-order valence-corrected chi connectivity index (χ0v) is 14.9. The predicted molar refractivity (Wildman–Crippen MR) is 101 cm³/mol. The zero-order chi connectivity index (χ0) is 19.7. The minimum Gasteiger partial charge on any atom is -0.480 e. The third kappa shape index (κ3) is 3.21. The molecule has 4 aromatic rings. The fraction of sp³-hybridized carbons (Fsp3) is 0.100. The molecule has 0 spiro atoms. The highest BCUT2D eigenvalue weighted by Crippen LogP contribution is 2.31. The number of fused-ring (bicyclic) bond motifs is 1. The Bertz CT molecular complexity index is 1200. The highest BCUT2D eigenvalue weighted by Gasteiger charge is 2.18. The number of hydrogen-bond acceptors (Lipinski definition) is 6. The van der Waals surface area contributed by atoms with Crippen LogP contribution in [0.4, 0.5) is 10.2 Å². The summed E-state index contributed by atoms with van der Waals surface area (Å²) in [4.78, 5) is 8.51. The molecule has 0 aliphatic heterocycles. The lowest BCUT2D eigenvalue weighted by Crippen LogP contribution is -2.12. The largest absolute Gasteiger partial charge is 0.480 e. The number of nitrogen functional groups attached to an aromatic ring is 1. The molecule has 28 heavy (non-hydrogen) atoms. The number of pyridine rings is 2. The molecule has 2 N–H and O–H groups in total. The van der Waals surface area contributed by atoms with E-state index in [1.807, 2.05) is 0 Å². The van der Waals surface area contributed by atoms with Crippen LogP contribution in [0.15, 0.2) is 55.0 Å². The Hall–Kier alpha value is -3.99. The number of nitriles is 1. The van der Waals surface area contributed by atoms with E-state index in [9.17, 15) is 4.39 Å². The number of aromatic nitrogens is 4. The van der Waals surface area contributed by atoms with Crippen molar-refractivity contribution in [2.45, 2.75) is 13.0 Å². The van der Waals surface area contributed by atoms with E-state index >= 15 is 0 Å². The summed E-state index contributed by atoms with van der Waals surface area (Å²) in [5.41, 5.74) is 8.18. The summed E-state index contributed by atoms with van der Waals surface area (Å²) in [6.07, 6.45) is 3.87. The molecular formula is C20H15FN6O. The molecule has 1 aromatic carbocycles. The fourth-order valence-corrected chi connectivity index (χ4v) is 2.93. The molecular weight excluding hydrogens is 359 g/mol. The number of anilines is 1. The standard InChI is InChI=1S/C20H15FN6O/c1-12(19-17(9-15(21)11-24-19)27-6-2-5-25-27)28-18-8-14-7-13(10-22)3-4-16(14)26-20(18)23/h2-9,11-12H,1H3,(H2,23,26). The molecule has 0 saturated heterocycles. The van der Waals surface area contributed by atoms with Gasteiger partial charge in [0.15, 0.2) is 11.6 Å². The monoisotopic (exact) mass is 374 g/mol. The van der Waals surface area contributed by atoms with E-state index in [1.165, 1.54) is 10.7 Å². The smallest absolute Gasteiger partial charge is 0.166 e. The van der Waals surface area contributed by atoms with Gasteiger partial charge in [-0.2, -0.15) is 10.4 Å². The van der Waals surface area contributed by atoms with E-state index in [-0.39, 0.29) is 5.82 Å².